The van der Waals surface area contributed by atoms with Gasteiger partial charge in [-0.3, -0.25) is 9.59 Å². The molecule has 0 aliphatic rings. The molecule has 0 radical (unpaired) electrons. The molecule has 0 saturated carbocycles. The van der Waals surface area contributed by atoms with Gasteiger partial charge in [0, 0.05) is 12.8 Å². The van der Waals surface area contributed by atoms with E-state index in [1.807, 2.05) is 31.2 Å². The Kier molecular flexibility index (Phi) is 11.4. The second-order valence-electron chi connectivity index (χ2n) is 6.49. The largest absolute Gasteiger partial charge is 0.466 e. The summed E-state index contributed by atoms with van der Waals surface area (Å²) in [6, 6.07) is 7.87. The van der Waals surface area contributed by atoms with Gasteiger partial charge in [0.15, 0.2) is 0 Å². The number of rotatable bonds is 13. The molecule has 0 aliphatic heterocycles. The zero-order valence-electron chi connectivity index (χ0n) is 15.7. The van der Waals surface area contributed by atoms with Crippen molar-refractivity contribution in [3.05, 3.63) is 35.4 Å². The van der Waals surface area contributed by atoms with Crippen molar-refractivity contribution < 1.29 is 19.1 Å². The molecule has 0 N–H and O–H groups in total. The Bertz CT molecular complexity index is 510. The highest BCUT2D eigenvalue weighted by atomic mass is 16.5. The number of unbranched alkanes of at least 4 members (excludes halogenated alkanes) is 5. The molecule has 1 rings (SSSR count). The van der Waals surface area contributed by atoms with Crippen LogP contribution in [0.1, 0.15) is 75.8 Å². The van der Waals surface area contributed by atoms with Crippen LogP contribution in [0.25, 0.3) is 0 Å². The van der Waals surface area contributed by atoms with E-state index in [4.69, 9.17) is 9.47 Å². The minimum absolute atomic E-state index is 0.222. The summed E-state index contributed by atoms with van der Waals surface area (Å²) >= 11 is 0. The lowest BCUT2D eigenvalue weighted by atomic mass is 10.1. The van der Waals surface area contributed by atoms with Gasteiger partial charge in [-0.05, 0) is 25.3 Å². The maximum absolute atomic E-state index is 11.7. The molecule has 140 valence electrons. The second-order valence-corrected chi connectivity index (χ2v) is 6.49. The van der Waals surface area contributed by atoms with Crippen molar-refractivity contribution in [2.24, 2.45) is 0 Å². The van der Waals surface area contributed by atoms with Crippen molar-refractivity contribution in [1.29, 1.82) is 0 Å². The van der Waals surface area contributed by atoms with Crippen LogP contribution in [0.3, 0.4) is 0 Å². The van der Waals surface area contributed by atoms with E-state index in [1.54, 1.807) is 0 Å². The van der Waals surface area contributed by atoms with Crippen LogP contribution in [0.2, 0.25) is 0 Å². The van der Waals surface area contributed by atoms with E-state index >= 15 is 0 Å². The van der Waals surface area contributed by atoms with Crippen molar-refractivity contribution in [3.63, 3.8) is 0 Å². The zero-order chi connectivity index (χ0) is 18.3. The predicted molar refractivity (Wildman–Crippen MR) is 99.2 cm³/mol. The lowest BCUT2D eigenvalue weighted by Crippen LogP contribution is -2.09. The maximum Gasteiger partial charge on any atom is 0.306 e. The molecule has 0 heterocycles. The van der Waals surface area contributed by atoms with E-state index in [9.17, 15) is 9.59 Å². The minimum Gasteiger partial charge on any atom is -0.466 e. The monoisotopic (exact) mass is 348 g/mol. The molecule has 0 aromatic heterocycles. The van der Waals surface area contributed by atoms with Gasteiger partial charge in [0.2, 0.25) is 0 Å². The maximum atomic E-state index is 11.7. The number of carbonyl (C=O) groups excluding carboxylic acids is 2. The van der Waals surface area contributed by atoms with E-state index < -0.39 is 0 Å². The van der Waals surface area contributed by atoms with Crippen LogP contribution in [0.5, 0.6) is 0 Å². The summed E-state index contributed by atoms with van der Waals surface area (Å²) in [7, 11) is 0. The molecular formula is C21H32O4. The van der Waals surface area contributed by atoms with Crippen LogP contribution >= 0.6 is 0 Å². The van der Waals surface area contributed by atoms with E-state index in [1.165, 1.54) is 25.7 Å². The summed E-state index contributed by atoms with van der Waals surface area (Å²) in [5, 5.41) is 0. The number of ether oxygens (including phenoxy) is 2. The summed E-state index contributed by atoms with van der Waals surface area (Å²) in [5.74, 6) is -0.495. The number of benzene rings is 1. The van der Waals surface area contributed by atoms with Gasteiger partial charge in [-0.15, -0.1) is 0 Å². The van der Waals surface area contributed by atoms with Gasteiger partial charge < -0.3 is 9.47 Å². The summed E-state index contributed by atoms with van der Waals surface area (Å²) in [6.45, 7) is 4.97. The molecule has 1 aromatic rings. The molecule has 1 aromatic carbocycles. The number of carbonyl (C=O) groups is 2. The van der Waals surface area contributed by atoms with Crippen LogP contribution < -0.4 is 0 Å². The summed E-state index contributed by atoms with van der Waals surface area (Å²) in [4.78, 5) is 23.3. The van der Waals surface area contributed by atoms with Gasteiger partial charge in [0.25, 0.3) is 0 Å². The third-order valence-electron chi connectivity index (χ3n) is 4.01. The van der Waals surface area contributed by atoms with Crippen molar-refractivity contribution in [3.8, 4) is 0 Å². The zero-order valence-corrected chi connectivity index (χ0v) is 15.7. The van der Waals surface area contributed by atoms with Gasteiger partial charge in [-0.25, -0.2) is 0 Å². The Morgan fingerprint density at radius 2 is 1.56 bits per heavy atom. The highest BCUT2D eigenvalue weighted by Gasteiger charge is 2.07. The van der Waals surface area contributed by atoms with Gasteiger partial charge in [-0.1, -0.05) is 68.9 Å². The molecule has 0 aliphatic carbocycles. The molecule has 0 bridgehead atoms. The third kappa shape index (κ3) is 11.4. The number of hydrogen-bond acceptors (Lipinski definition) is 4. The molecule has 4 heteroatoms. The van der Waals surface area contributed by atoms with Crippen molar-refractivity contribution in [1.82, 2.24) is 0 Å². The average Bonchev–Trinajstić information content (AvgIpc) is 2.59. The lowest BCUT2D eigenvalue weighted by Gasteiger charge is -2.06. The molecule has 0 amide bonds. The van der Waals surface area contributed by atoms with Crippen molar-refractivity contribution in [2.45, 2.75) is 78.2 Å². The highest BCUT2D eigenvalue weighted by Crippen LogP contribution is 2.08. The summed E-state index contributed by atoms with van der Waals surface area (Å²) in [5.41, 5.74) is 2.12. The van der Waals surface area contributed by atoms with Crippen LogP contribution in [0.4, 0.5) is 0 Å². The molecule has 0 saturated heterocycles. The van der Waals surface area contributed by atoms with Crippen molar-refractivity contribution >= 4 is 11.9 Å². The van der Waals surface area contributed by atoms with Crippen molar-refractivity contribution in [2.75, 3.05) is 6.61 Å². The Morgan fingerprint density at radius 3 is 2.28 bits per heavy atom. The Labute approximate surface area is 151 Å². The van der Waals surface area contributed by atoms with E-state index in [0.717, 1.165) is 24.0 Å². The topological polar surface area (TPSA) is 52.6 Å². The summed E-state index contributed by atoms with van der Waals surface area (Å²) in [6.07, 6.45) is 8.01. The predicted octanol–water partition coefficient (Wildman–Crippen LogP) is 5.11. The van der Waals surface area contributed by atoms with E-state index in [2.05, 4.69) is 6.92 Å². The second kappa shape index (κ2) is 13.5. The molecule has 25 heavy (non-hydrogen) atoms. The van der Waals surface area contributed by atoms with Gasteiger partial charge in [0.05, 0.1) is 6.61 Å². The Hall–Kier alpha value is -1.84. The fourth-order valence-corrected chi connectivity index (χ4v) is 2.56. The molecule has 0 spiro atoms. The lowest BCUT2D eigenvalue weighted by molar-refractivity contribution is -0.146. The number of hydrogen-bond donors (Lipinski definition) is 0. The standard InChI is InChI=1S/C21H32O4/c1-3-4-5-6-7-8-15-24-20(22)13-10-14-21(23)25-17-19-12-9-11-18(2)16-19/h9,11-12,16H,3-8,10,13-15,17H2,1-2H3. The quantitative estimate of drug-likeness (QED) is 0.367. The van der Waals surface area contributed by atoms with Crippen LogP contribution in [-0.4, -0.2) is 18.5 Å². The van der Waals surface area contributed by atoms with Gasteiger partial charge >= 0.3 is 11.9 Å². The summed E-state index contributed by atoms with van der Waals surface area (Å²) < 4.78 is 10.4. The Balaban J connectivity index is 2.00. The normalized spacial score (nSPS) is 10.5. The Morgan fingerprint density at radius 1 is 0.880 bits per heavy atom. The first-order valence-electron chi connectivity index (χ1n) is 9.48. The van der Waals surface area contributed by atoms with Gasteiger partial charge in [0.1, 0.15) is 6.61 Å². The smallest absolute Gasteiger partial charge is 0.306 e. The first-order valence-corrected chi connectivity index (χ1v) is 9.48. The van der Waals surface area contributed by atoms with Crippen LogP contribution in [0, 0.1) is 6.92 Å². The van der Waals surface area contributed by atoms with Crippen LogP contribution in [0.15, 0.2) is 24.3 Å². The number of esters is 2. The number of aryl methyl sites for hydroxylation is 1. The average molecular weight is 348 g/mol. The molecular weight excluding hydrogens is 316 g/mol. The minimum atomic E-state index is -0.273. The third-order valence-corrected chi connectivity index (χ3v) is 4.01. The fourth-order valence-electron chi connectivity index (χ4n) is 2.56. The first-order chi connectivity index (χ1) is 12.1. The highest BCUT2D eigenvalue weighted by molar-refractivity contribution is 5.72. The molecule has 0 fully saturated rings. The molecule has 4 nitrogen and oxygen atoms in total. The van der Waals surface area contributed by atoms with E-state index in [0.29, 0.717) is 13.0 Å². The van der Waals surface area contributed by atoms with E-state index in [-0.39, 0.29) is 31.4 Å². The fraction of sp³-hybridized carbons (Fsp3) is 0.619. The molecule has 0 unspecified atom stereocenters. The first kappa shape index (κ1) is 21.2. The van der Waals surface area contributed by atoms with Crippen LogP contribution in [-0.2, 0) is 25.7 Å². The SMILES string of the molecule is CCCCCCCCOC(=O)CCCC(=O)OCc1cccc(C)c1. The van der Waals surface area contributed by atoms with Gasteiger partial charge in [-0.2, -0.15) is 0 Å². The molecule has 0 atom stereocenters.